The van der Waals surface area contributed by atoms with Gasteiger partial charge in [0.05, 0.1) is 27.8 Å². The van der Waals surface area contributed by atoms with Crippen LogP contribution in [-0.4, -0.2) is 9.97 Å². The topological polar surface area (TPSA) is 148 Å². The maximum Gasteiger partial charge on any atom is 1.00 e. The Bertz CT molecular complexity index is 850. The summed E-state index contributed by atoms with van der Waals surface area (Å²) < 4.78 is 0. The average Bonchev–Trinajstić information content (AvgIpc) is 2.87. The fourth-order valence-corrected chi connectivity index (χ4v) is 1.73. The summed E-state index contributed by atoms with van der Waals surface area (Å²) in [6, 6.07) is 8.77. The molecule has 1 aromatic carbocycles. The number of hydrogen-bond donors (Lipinski definition) is 1. The van der Waals surface area contributed by atoms with Crippen LogP contribution in [0, 0.1) is 56.7 Å². The van der Waals surface area contributed by atoms with E-state index < -0.39 is 0 Å². The van der Waals surface area contributed by atoms with Crippen LogP contribution < -0.4 is 18.9 Å². The minimum Gasteiger partial charge on any atom is -0.328 e. The van der Waals surface area contributed by atoms with Crippen LogP contribution in [0.1, 0.15) is 28.1 Å². The molecule has 0 spiro atoms. The third-order valence-electron chi connectivity index (χ3n) is 2.49. The van der Waals surface area contributed by atoms with Crippen molar-refractivity contribution in [1.82, 2.24) is 9.97 Å². The van der Waals surface area contributed by atoms with Crippen molar-refractivity contribution in [2.75, 3.05) is 0 Å². The largest absolute Gasteiger partial charge is 1.00 e. The zero-order valence-electron chi connectivity index (χ0n) is 10.2. The molecule has 0 radical (unpaired) electrons. The van der Waals surface area contributed by atoms with Crippen molar-refractivity contribution in [2.45, 2.75) is 0 Å². The molecule has 0 aliphatic heterocycles. The molecule has 2 rings (SSSR count). The Morgan fingerprint density at radius 2 is 1.20 bits per heavy atom. The molecule has 7 nitrogen and oxygen atoms in total. The molecule has 84 valence electrons. The summed E-state index contributed by atoms with van der Waals surface area (Å²) in [5, 5.41) is 45.0. The quantitative estimate of drug-likeness (QED) is 0.530. The van der Waals surface area contributed by atoms with E-state index >= 15 is 0 Å². The van der Waals surface area contributed by atoms with Crippen LogP contribution in [0.4, 0.5) is 0 Å². The van der Waals surface area contributed by atoms with Crippen LogP contribution in [0.2, 0.25) is 0 Å². The number of aromatic nitrogens is 2. The second kappa shape index (κ2) is 5.59. The second-order valence-electron chi connectivity index (χ2n) is 3.37. The number of aromatic amines is 1. The maximum absolute atomic E-state index is 9.09. The van der Waals surface area contributed by atoms with Gasteiger partial charge in [-0.2, -0.15) is 26.3 Å². The molecule has 0 fully saturated rings. The molecule has 0 bridgehead atoms. The van der Waals surface area contributed by atoms with Gasteiger partial charge < -0.3 is 4.98 Å². The zero-order valence-corrected chi connectivity index (χ0v) is 10.2. The summed E-state index contributed by atoms with van der Waals surface area (Å²) in [7, 11) is 0. The summed E-state index contributed by atoms with van der Waals surface area (Å²) in [6.45, 7) is 0. The standard InChI is InChI=1S/C12HN7.Li/c13-1-6-7(2-14)9(4-16)12-11(8(6)3-15)18-10(5-17)19-12;/h(H,18,19);/q;+1. The first-order valence-electron chi connectivity index (χ1n) is 4.82. The van der Waals surface area contributed by atoms with E-state index in [2.05, 4.69) is 9.97 Å². The number of nitrogens with one attached hydrogen (secondary N) is 1. The normalized spacial score (nSPS) is 8.35. The van der Waals surface area contributed by atoms with Crippen LogP contribution in [0.25, 0.3) is 11.0 Å². The van der Waals surface area contributed by atoms with Gasteiger partial charge in [-0.25, -0.2) is 4.98 Å². The Morgan fingerprint density at radius 3 is 1.65 bits per heavy atom. The number of nitrogens with zero attached hydrogens (tertiary/aromatic N) is 6. The molecule has 20 heavy (non-hydrogen) atoms. The summed E-state index contributed by atoms with van der Waals surface area (Å²) in [5.74, 6) is -0.0954. The number of rotatable bonds is 0. The van der Waals surface area contributed by atoms with Crippen molar-refractivity contribution in [3.63, 3.8) is 0 Å². The van der Waals surface area contributed by atoms with Gasteiger partial charge >= 0.3 is 18.9 Å². The summed E-state index contributed by atoms with van der Waals surface area (Å²) in [4.78, 5) is 6.40. The molecule has 1 aromatic heterocycles. The third kappa shape index (κ3) is 1.85. The van der Waals surface area contributed by atoms with Gasteiger partial charge in [0.25, 0.3) is 0 Å². The van der Waals surface area contributed by atoms with E-state index in [0.29, 0.717) is 0 Å². The Morgan fingerprint density at radius 1 is 0.700 bits per heavy atom. The Balaban J connectivity index is 0.00000200. The van der Waals surface area contributed by atoms with Crippen LogP contribution >= 0.6 is 0 Å². The van der Waals surface area contributed by atoms with Gasteiger partial charge in [-0.15, -0.1) is 0 Å². The van der Waals surface area contributed by atoms with E-state index in [0.717, 1.165) is 0 Å². The van der Waals surface area contributed by atoms with Crippen molar-refractivity contribution >= 4 is 11.0 Å². The average molecular weight is 250 g/mol. The molecule has 0 aliphatic rings. The van der Waals surface area contributed by atoms with Crippen LogP contribution in [0.15, 0.2) is 0 Å². The molecule has 0 amide bonds. The van der Waals surface area contributed by atoms with Gasteiger partial charge in [-0.05, 0) is 0 Å². The number of hydrogen-bond acceptors (Lipinski definition) is 6. The van der Waals surface area contributed by atoms with Gasteiger partial charge in [-0.3, -0.25) is 0 Å². The first-order valence-corrected chi connectivity index (χ1v) is 4.82. The first kappa shape index (κ1) is 14.8. The van der Waals surface area contributed by atoms with E-state index in [1.807, 2.05) is 0 Å². The molecule has 0 saturated heterocycles. The molecule has 2 aromatic rings. The zero-order chi connectivity index (χ0) is 14.0. The van der Waals surface area contributed by atoms with Crippen LogP contribution in [0.5, 0.6) is 0 Å². The predicted molar refractivity (Wildman–Crippen MR) is 59.7 cm³/mol. The van der Waals surface area contributed by atoms with Crippen molar-refractivity contribution in [2.24, 2.45) is 0 Å². The van der Waals surface area contributed by atoms with E-state index in [1.54, 1.807) is 30.3 Å². The molecule has 0 saturated carbocycles. The van der Waals surface area contributed by atoms with E-state index in [-0.39, 0.29) is 58.0 Å². The Labute approximate surface area is 125 Å². The number of benzene rings is 1. The third-order valence-corrected chi connectivity index (χ3v) is 2.49. The van der Waals surface area contributed by atoms with Gasteiger partial charge in [-0.1, -0.05) is 0 Å². The minimum absolute atomic E-state index is 0. The van der Waals surface area contributed by atoms with Crippen molar-refractivity contribution < 1.29 is 18.9 Å². The van der Waals surface area contributed by atoms with Crippen molar-refractivity contribution in [3.05, 3.63) is 28.1 Å². The summed E-state index contributed by atoms with van der Waals surface area (Å²) in [6.07, 6.45) is 0. The smallest absolute Gasteiger partial charge is 0.328 e. The molecule has 0 aliphatic carbocycles. The summed E-state index contributed by atoms with van der Waals surface area (Å²) >= 11 is 0. The monoisotopic (exact) mass is 250 g/mol. The number of fused-ring (bicyclic) bond motifs is 1. The molecule has 1 heterocycles. The molecule has 8 heteroatoms. The van der Waals surface area contributed by atoms with Gasteiger partial charge in [0.2, 0.25) is 5.82 Å². The SMILES string of the molecule is N#Cc1nc2c(C#N)c(C#N)c(C#N)c(C#N)c2[nH]1.[Li+]. The van der Waals surface area contributed by atoms with Crippen LogP contribution in [-0.2, 0) is 0 Å². The van der Waals surface area contributed by atoms with Crippen LogP contribution in [0.3, 0.4) is 0 Å². The number of H-pyrrole nitrogens is 1. The number of nitriles is 5. The van der Waals surface area contributed by atoms with E-state index in [9.17, 15) is 0 Å². The van der Waals surface area contributed by atoms with E-state index in [4.69, 9.17) is 26.3 Å². The Hall–Kier alpha value is -3.26. The van der Waals surface area contributed by atoms with E-state index in [1.165, 1.54) is 0 Å². The maximum atomic E-state index is 9.09. The molecule has 0 unspecified atom stereocenters. The fourth-order valence-electron chi connectivity index (χ4n) is 1.73. The van der Waals surface area contributed by atoms with Crippen molar-refractivity contribution in [3.8, 4) is 30.3 Å². The van der Waals surface area contributed by atoms with Gasteiger partial charge in [0.15, 0.2) is 0 Å². The number of imidazole rings is 1. The Kier molecular flexibility index (Phi) is 4.13. The minimum atomic E-state index is -0.204. The summed E-state index contributed by atoms with van der Waals surface area (Å²) in [5.41, 5.74) is -0.447. The molecule has 1 N–H and O–H groups in total. The van der Waals surface area contributed by atoms with Gasteiger partial charge in [0, 0.05) is 0 Å². The molecule has 0 atom stereocenters. The second-order valence-corrected chi connectivity index (χ2v) is 3.37. The van der Waals surface area contributed by atoms with Gasteiger partial charge in [0.1, 0.15) is 35.9 Å². The van der Waals surface area contributed by atoms with Crippen molar-refractivity contribution in [1.29, 1.82) is 26.3 Å². The first-order chi connectivity index (χ1) is 9.21. The molecular formula is C12HLiN7+. The fraction of sp³-hybridized carbons (Fsp3) is 0. The predicted octanol–water partition coefficient (Wildman–Crippen LogP) is -2.07. The molecular weight excluding hydrogens is 249 g/mol.